The summed E-state index contributed by atoms with van der Waals surface area (Å²) >= 11 is 0. The molecule has 0 radical (unpaired) electrons. The summed E-state index contributed by atoms with van der Waals surface area (Å²) < 4.78 is 0. The minimum absolute atomic E-state index is 1.19. The summed E-state index contributed by atoms with van der Waals surface area (Å²) in [6.07, 6.45) is 8.81. The average Bonchev–Trinajstić information content (AvgIpc) is 2.83. The molecule has 4 aromatic rings. The van der Waals surface area contributed by atoms with Crippen molar-refractivity contribution in [3.8, 4) is 0 Å². The van der Waals surface area contributed by atoms with E-state index in [1.165, 1.54) is 33.4 Å². The average molecular weight is 385 g/mol. The Kier molecular flexibility index (Phi) is 6.50. The van der Waals surface area contributed by atoms with Crippen LogP contribution in [0.1, 0.15) is 22.3 Å². The molecule has 0 saturated carbocycles. The van der Waals surface area contributed by atoms with E-state index >= 15 is 0 Å². The predicted octanol–water partition coefficient (Wildman–Crippen LogP) is 8.02. The van der Waals surface area contributed by atoms with Crippen LogP contribution in [0.4, 0.5) is 0 Å². The van der Waals surface area contributed by atoms with Gasteiger partial charge in [-0.15, -0.1) is 0 Å². The Morgan fingerprint density at radius 3 is 1.00 bits per heavy atom. The molecule has 0 bridgehead atoms. The maximum atomic E-state index is 2.22. The minimum atomic E-state index is 1.19. The van der Waals surface area contributed by atoms with Gasteiger partial charge < -0.3 is 0 Å². The van der Waals surface area contributed by atoms with Crippen LogP contribution < -0.4 is 0 Å². The molecule has 0 N–H and O–H groups in total. The zero-order valence-corrected chi connectivity index (χ0v) is 16.9. The fourth-order valence-electron chi connectivity index (χ4n) is 3.41. The number of allylic oxidation sites excluding steroid dienone is 4. The number of hydrogen-bond donors (Lipinski definition) is 0. The Balaban J connectivity index is 1.88. The Morgan fingerprint density at radius 1 is 0.367 bits per heavy atom. The van der Waals surface area contributed by atoms with Crippen molar-refractivity contribution in [2.45, 2.75) is 0 Å². The predicted molar refractivity (Wildman–Crippen MR) is 131 cm³/mol. The Bertz CT molecular complexity index is 1040. The van der Waals surface area contributed by atoms with Gasteiger partial charge >= 0.3 is 0 Å². The van der Waals surface area contributed by atoms with Crippen molar-refractivity contribution in [3.05, 3.63) is 156 Å². The first-order valence-corrected chi connectivity index (χ1v) is 10.2. The molecular formula is C30H24. The standard InChI is InChI=1S/C30H24/c1-5-13-25(14-6-1)21-23-29(27-17-9-3-10-18-27)30(28-19-11-4-12-20-28)24-22-26-15-7-2-8-16-26/h1-24H. The maximum Gasteiger partial charge on any atom is -0.0105 e. The first-order valence-electron chi connectivity index (χ1n) is 10.2. The van der Waals surface area contributed by atoms with E-state index in [2.05, 4.69) is 133 Å². The molecule has 0 nitrogen and oxygen atoms in total. The third-order valence-corrected chi connectivity index (χ3v) is 4.94. The van der Waals surface area contributed by atoms with Gasteiger partial charge in [-0.2, -0.15) is 0 Å². The minimum Gasteiger partial charge on any atom is -0.0622 e. The van der Waals surface area contributed by atoms with Crippen molar-refractivity contribution in [1.29, 1.82) is 0 Å². The molecule has 0 aromatic heterocycles. The third kappa shape index (κ3) is 5.12. The lowest BCUT2D eigenvalue weighted by Crippen LogP contribution is -1.89. The van der Waals surface area contributed by atoms with E-state index in [1.54, 1.807) is 0 Å². The molecule has 4 rings (SSSR count). The summed E-state index contributed by atoms with van der Waals surface area (Å²) in [7, 11) is 0. The molecule has 0 heteroatoms. The Labute approximate surface area is 179 Å². The molecule has 144 valence electrons. The molecule has 0 amide bonds. The van der Waals surface area contributed by atoms with E-state index in [9.17, 15) is 0 Å². The van der Waals surface area contributed by atoms with Gasteiger partial charge in [0.1, 0.15) is 0 Å². The van der Waals surface area contributed by atoms with Crippen molar-refractivity contribution in [3.63, 3.8) is 0 Å². The van der Waals surface area contributed by atoms with Gasteiger partial charge in [-0.25, -0.2) is 0 Å². The van der Waals surface area contributed by atoms with Crippen LogP contribution in [0.15, 0.2) is 133 Å². The third-order valence-electron chi connectivity index (χ3n) is 4.94. The van der Waals surface area contributed by atoms with E-state index in [4.69, 9.17) is 0 Å². The highest BCUT2D eigenvalue weighted by atomic mass is 14.1. The molecule has 0 heterocycles. The van der Waals surface area contributed by atoms with Crippen molar-refractivity contribution in [2.24, 2.45) is 0 Å². The van der Waals surface area contributed by atoms with Crippen molar-refractivity contribution in [1.82, 2.24) is 0 Å². The Hall–Kier alpha value is -3.90. The van der Waals surface area contributed by atoms with Crippen LogP contribution in [-0.2, 0) is 0 Å². The van der Waals surface area contributed by atoms with Gasteiger partial charge in [-0.05, 0) is 33.4 Å². The monoisotopic (exact) mass is 384 g/mol. The van der Waals surface area contributed by atoms with Crippen LogP contribution >= 0.6 is 0 Å². The Morgan fingerprint density at radius 2 is 0.667 bits per heavy atom. The van der Waals surface area contributed by atoms with E-state index in [0.29, 0.717) is 0 Å². The first kappa shape index (κ1) is 19.4. The summed E-state index contributed by atoms with van der Waals surface area (Å²) in [5.41, 5.74) is 7.15. The molecule has 0 saturated heterocycles. The molecular weight excluding hydrogens is 360 g/mol. The SMILES string of the molecule is C(=Cc1ccccc1)C(=C(C=Cc1ccccc1)c1ccccc1)c1ccccc1. The molecule has 30 heavy (non-hydrogen) atoms. The van der Waals surface area contributed by atoms with Crippen molar-refractivity contribution >= 4 is 23.3 Å². The van der Waals surface area contributed by atoms with Gasteiger partial charge in [0, 0.05) is 0 Å². The topological polar surface area (TPSA) is 0 Å². The van der Waals surface area contributed by atoms with Crippen LogP contribution in [0.3, 0.4) is 0 Å². The van der Waals surface area contributed by atoms with Gasteiger partial charge in [0.25, 0.3) is 0 Å². The van der Waals surface area contributed by atoms with Crippen molar-refractivity contribution < 1.29 is 0 Å². The van der Waals surface area contributed by atoms with Gasteiger partial charge in [-0.1, -0.05) is 146 Å². The summed E-state index contributed by atoms with van der Waals surface area (Å²) in [6.45, 7) is 0. The van der Waals surface area contributed by atoms with Gasteiger partial charge in [0.15, 0.2) is 0 Å². The summed E-state index contributed by atoms with van der Waals surface area (Å²) in [4.78, 5) is 0. The number of benzene rings is 4. The molecule has 0 atom stereocenters. The highest BCUT2D eigenvalue weighted by molar-refractivity contribution is 6.02. The summed E-state index contributed by atoms with van der Waals surface area (Å²) in [6, 6.07) is 42.0. The fraction of sp³-hybridized carbons (Fsp3) is 0. The number of hydrogen-bond acceptors (Lipinski definition) is 0. The summed E-state index contributed by atoms with van der Waals surface area (Å²) in [5, 5.41) is 0. The molecule has 0 aliphatic heterocycles. The highest BCUT2D eigenvalue weighted by Crippen LogP contribution is 2.30. The van der Waals surface area contributed by atoms with Gasteiger partial charge in [0.2, 0.25) is 0 Å². The first-order chi connectivity index (χ1) is 14.9. The van der Waals surface area contributed by atoms with E-state index in [0.717, 1.165) is 0 Å². The van der Waals surface area contributed by atoms with Crippen LogP contribution in [0, 0.1) is 0 Å². The highest BCUT2D eigenvalue weighted by Gasteiger charge is 2.07. The van der Waals surface area contributed by atoms with Crippen LogP contribution in [0.5, 0.6) is 0 Å². The lowest BCUT2D eigenvalue weighted by Gasteiger charge is -2.11. The zero-order chi connectivity index (χ0) is 20.4. The second-order valence-corrected chi connectivity index (χ2v) is 7.05. The second-order valence-electron chi connectivity index (χ2n) is 7.05. The maximum absolute atomic E-state index is 2.22. The molecule has 0 unspecified atom stereocenters. The van der Waals surface area contributed by atoms with Crippen LogP contribution in [-0.4, -0.2) is 0 Å². The van der Waals surface area contributed by atoms with E-state index in [-0.39, 0.29) is 0 Å². The van der Waals surface area contributed by atoms with E-state index < -0.39 is 0 Å². The van der Waals surface area contributed by atoms with Gasteiger partial charge in [-0.3, -0.25) is 0 Å². The molecule has 4 aromatic carbocycles. The number of rotatable bonds is 6. The van der Waals surface area contributed by atoms with Crippen LogP contribution in [0.25, 0.3) is 23.3 Å². The molecule has 0 fully saturated rings. The molecule has 0 aliphatic rings. The molecule has 0 aliphatic carbocycles. The quantitative estimate of drug-likeness (QED) is 0.233. The van der Waals surface area contributed by atoms with Crippen molar-refractivity contribution in [2.75, 3.05) is 0 Å². The van der Waals surface area contributed by atoms with Gasteiger partial charge in [0.05, 0.1) is 0 Å². The smallest absolute Gasteiger partial charge is 0.0105 e. The second kappa shape index (κ2) is 10.0. The molecule has 0 spiro atoms. The lowest BCUT2D eigenvalue weighted by atomic mass is 9.93. The summed E-state index contributed by atoms with van der Waals surface area (Å²) in [5.74, 6) is 0. The van der Waals surface area contributed by atoms with E-state index in [1.807, 2.05) is 12.1 Å². The largest absolute Gasteiger partial charge is 0.0622 e. The lowest BCUT2D eigenvalue weighted by molar-refractivity contribution is 1.58. The van der Waals surface area contributed by atoms with Crippen LogP contribution in [0.2, 0.25) is 0 Å². The normalized spacial score (nSPS) is 12.3. The zero-order valence-electron chi connectivity index (χ0n) is 16.9. The fourth-order valence-corrected chi connectivity index (χ4v) is 3.41.